The highest BCUT2D eigenvalue weighted by atomic mass is 32.1. The molecule has 0 aliphatic carbocycles. The number of benzene rings is 1. The topological polar surface area (TPSA) is 88.3 Å². The average molecular weight is 370 g/mol. The molecule has 1 atom stereocenters. The van der Waals surface area contributed by atoms with Crippen molar-refractivity contribution < 1.29 is 14.1 Å². The molecule has 1 N–H and O–H groups in total. The van der Waals surface area contributed by atoms with Crippen LogP contribution in [0.1, 0.15) is 18.5 Å². The van der Waals surface area contributed by atoms with Gasteiger partial charge in [-0.3, -0.25) is 9.59 Å². The van der Waals surface area contributed by atoms with Crippen molar-refractivity contribution in [2.24, 2.45) is 5.92 Å². The molecule has 3 heterocycles. The van der Waals surface area contributed by atoms with Crippen LogP contribution in [0.15, 0.2) is 40.4 Å². The van der Waals surface area contributed by atoms with Crippen LogP contribution in [0.2, 0.25) is 0 Å². The van der Waals surface area contributed by atoms with Crippen LogP contribution >= 0.6 is 11.3 Å². The van der Waals surface area contributed by atoms with E-state index in [4.69, 9.17) is 4.52 Å². The zero-order chi connectivity index (χ0) is 17.9. The van der Waals surface area contributed by atoms with Crippen molar-refractivity contribution in [2.75, 3.05) is 18.4 Å². The summed E-state index contributed by atoms with van der Waals surface area (Å²) in [6.45, 7) is 1.08. The molecule has 1 aromatic carbocycles. The first kappa shape index (κ1) is 16.7. The first-order valence-corrected chi connectivity index (χ1v) is 9.40. The van der Waals surface area contributed by atoms with Crippen LogP contribution in [0, 0.1) is 5.92 Å². The molecule has 1 fully saturated rings. The van der Waals surface area contributed by atoms with Crippen molar-refractivity contribution in [2.45, 2.75) is 19.3 Å². The Balaban J connectivity index is 1.40. The van der Waals surface area contributed by atoms with Crippen LogP contribution in [0.5, 0.6) is 0 Å². The molecule has 2 aromatic heterocycles. The van der Waals surface area contributed by atoms with E-state index in [9.17, 15) is 9.59 Å². The molecule has 1 saturated heterocycles. The highest BCUT2D eigenvalue weighted by molar-refractivity contribution is 7.13. The zero-order valence-corrected chi connectivity index (χ0v) is 14.9. The standard InChI is InChI=1S/C18H18N4O3S/c23-16(10-14-13-5-1-2-6-15(13)25-21-14)22-8-3-4-12(11-22)17(24)20-18-19-7-9-26-18/h1-2,5-7,9,12H,3-4,8,10-11H2,(H,19,20,24). The number of likely N-dealkylation sites (tertiary alicyclic amines) is 1. The highest BCUT2D eigenvalue weighted by Crippen LogP contribution is 2.22. The van der Waals surface area contributed by atoms with Crippen molar-refractivity contribution in [1.29, 1.82) is 0 Å². The smallest absolute Gasteiger partial charge is 0.231 e. The SMILES string of the molecule is O=C(Nc1nccs1)C1CCCN(C(=O)Cc2noc3ccccc23)C1. The Hall–Kier alpha value is -2.74. The molecule has 0 bridgehead atoms. The summed E-state index contributed by atoms with van der Waals surface area (Å²) in [5.41, 5.74) is 1.31. The molecule has 0 spiro atoms. The molecule has 134 valence electrons. The van der Waals surface area contributed by atoms with E-state index in [0.29, 0.717) is 29.5 Å². The number of para-hydroxylation sites is 1. The third-order valence-corrected chi connectivity index (χ3v) is 5.27. The number of anilines is 1. The van der Waals surface area contributed by atoms with Gasteiger partial charge in [-0.25, -0.2) is 4.98 Å². The van der Waals surface area contributed by atoms with Gasteiger partial charge < -0.3 is 14.7 Å². The van der Waals surface area contributed by atoms with E-state index in [0.717, 1.165) is 18.2 Å². The van der Waals surface area contributed by atoms with Gasteiger partial charge in [0.2, 0.25) is 11.8 Å². The van der Waals surface area contributed by atoms with Crippen LogP contribution < -0.4 is 5.32 Å². The number of aromatic nitrogens is 2. The van der Waals surface area contributed by atoms with Gasteiger partial charge in [-0.1, -0.05) is 17.3 Å². The van der Waals surface area contributed by atoms with Crippen molar-refractivity contribution >= 4 is 39.3 Å². The summed E-state index contributed by atoms with van der Waals surface area (Å²) in [6, 6.07) is 7.49. The number of piperidine rings is 1. The predicted molar refractivity (Wildman–Crippen MR) is 97.8 cm³/mol. The van der Waals surface area contributed by atoms with E-state index < -0.39 is 0 Å². The Morgan fingerprint density at radius 3 is 3.08 bits per heavy atom. The normalized spacial score (nSPS) is 17.4. The maximum absolute atomic E-state index is 12.7. The van der Waals surface area contributed by atoms with Gasteiger partial charge in [-0.2, -0.15) is 0 Å². The van der Waals surface area contributed by atoms with Gasteiger partial charge in [-0.05, 0) is 25.0 Å². The molecular weight excluding hydrogens is 352 g/mol. The summed E-state index contributed by atoms with van der Waals surface area (Å²) in [7, 11) is 0. The third-order valence-electron chi connectivity index (χ3n) is 4.58. The molecule has 1 aliphatic heterocycles. The molecule has 0 radical (unpaired) electrons. The largest absolute Gasteiger partial charge is 0.356 e. The Morgan fingerprint density at radius 2 is 2.23 bits per heavy atom. The van der Waals surface area contributed by atoms with Crippen LogP contribution in [0.4, 0.5) is 5.13 Å². The summed E-state index contributed by atoms with van der Waals surface area (Å²) in [4.78, 5) is 30.9. The van der Waals surface area contributed by atoms with Crippen LogP contribution in [0.3, 0.4) is 0 Å². The Labute approximate surface area is 154 Å². The monoisotopic (exact) mass is 370 g/mol. The molecule has 4 rings (SSSR count). The molecule has 0 saturated carbocycles. The average Bonchev–Trinajstić information content (AvgIpc) is 3.32. The van der Waals surface area contributed by atoms with Crippen LogP contribution in [-0.2, 0) is 16.0 Å². The fourth-order valence-electron chi connectivity index (χ4n) is 3.23. The van der Waals surface area contributed by atoms with E-state index in [1.54, 1.807) is 11.1 Å². The fraction of sp³-hybridized carbons (Fsp3) is 0.333. The van der Waals surface area contributed by atoms with Gasteiger partial charge in [0.25, 0.3) is 0 Å². The lowest BCUT2D eigenvalue weighted by atomic mass is 9.96. The molecule has 2 amide bonds. The van der Waals surface area contributed by atoms with Crippen molar-refractivity contribution in [3.63, 3.8) is 0 Å². The Morgan fingerprint density at radius 1 is 1.35 bits per heavy atom. The summed E-state index contributed by atoms with van der Waals surface area (Å²) in [6.07, 6.45) is 3.41. The van der Waals surface area contributed by atoms with E-state index in [1.807, 2.05) is 29.6 Å². The van der Waals surface area contributed by atoms with Crippen LogP contribution in [-0.4, -0.2) is 39.9 Å². The van der Waals surface area contributed by atoms with Crippen LogP contribution in [0.25, 0.3) is 11.0 Å². The van der Waals surface area contributed by atoms with Gasteiger partial charge in [-0.15, -0.1) is 11.3 Å². The number of carbonyl (C=O) groups excluding carboxylic acids is 2. The minimum atomic E-state index is -0.217. The quantitative estimate of drug-likeness (QED) is 0.763. The third kappa shape index (κ3) is 3.45. The van der Waals surface area contributed by atoms with Gasteiger partial charge in [0.15, 0.2) is 10.7 Å². The number of hydrogen-bond donors (Lipinski definition) is 1. The first-order chi connectivity index (χ1) is 12.7. The zero-order valence-electron chi connectivity index (χ0n) is 14.1. The van der Waals surface area contributed by atoms with Gasteiger partial charge in [0.05, 0.1) is 12.3 Å². The molecule has 3 aromatic rings. The van der Waals surface area contributed by atoms with Crippen molar-refractivity contribution in [3.8, 4) is 0 Å². The number of hydrogen-bond acceptors (Lipinski definition) is 6. The molecule has 8 heteroatoms. The lowest BCUT2D eigenvalue weighted by Gasteiger charge is -2.31. The molecule has 1 aliphatic rings. The van der Waals surface area contributed by atoms with E-state index in [1.165, 1.54) is 11.3 Å². The van der Waals surface area contributed by atoms with E-state index >= 15 is 0 Å². The molecule has 7 nitrogen and oxygen atoms in total. The second-order valence-corrected chi connectivity index (χ2v) is 7.20. The first-order valence-electron chi connectivity index (χ1n) is 8.52. The Bertz CT molecular complexity index is 922. The fourth-order valence-corrected chi connectivity index (χ4v) is 3.76. The number of carbonyl (C=O) groups is 2. The highest BCUT2D eigenvalue weighted by Gasteiger charge is 2.29. The lowest BCUT2D eigenvalue weighted by Crippen LogP contribution is -2.44. The van der Waals surface area contributed by atoms with Crippen molar-refractivity contribution in [1.82, 2.24) is 15.0 Å². The van der Waals surface area contributed by atoms with Crippen molar-refractivity contribution in [3.05, 3.63) is 41.5 Å². The minimum Gasteiger partial charge on any atom is -0.356 e. The van der Waals surface area contributed by atoms with E-state index in [2.05, 4.69) is 15.5 Å². The molecular formula is C18H18N4O3S. The maximum Gasteiger partial charge on any atom is 0.231 e. The minimum absolute atomic E-state index is 0.0317. The second-order valence-electron chi connectivity index (χ2n) is 6.31. The summed E-state index contributed by atoms with van der Waals surface area (Å²) in [5, 5.41) is 10.1. The summed E-state index contributed by atoms with van der Waals surface area (Å²) in [5.74, 6) is -0.328. The second kappa shape index (κ2) is 7.25. The number of fused-ring (bicyclic) bond motifs is 1. The number of thiazole rings is 1. The van der Waals surface area contributed by atoms with E-state index in [-0.39, 0.29) is 24.2 Å². The molecule has 26 heavy (non-hydrogen) atoms. The summed E-state index contributed by atoms with van der Waals surface area (Å²) < 4.78 is 5.26. The summed E-state index contributed by atoms with van der Waals surface area (Å²) >= 11 is 1.38. The molecule has 1 unspecified atom stereocenters. The predicted octanol–water partition coefficient (Wildman–Crippen LogP) is 2.70. The number of rotatable bonds is 4. The Kier molecular flexibility index (Phi) is 4.66. The number of amides is 2. The van der Waals surface area contributed by atoms with Gasteiger partial charge in [0.1, 0.15) is 5.69 Å². The maximum atomic E-state index is 12.7. The number of nitrogens with zero attached hydrogens (tertiary/aromatic N) is 3. The van der Waals surface area contributed by atoms with Gasteiger partial charge >= 0.3 is 0 Å². The lowest BCUT2D eigenvalue weighted by molar-refractivity contribution is -0.134. The number of nitrogens with one attached hydrogen (secondary N) is 1. The van der Waals surface area contributed by atoms with Gasteiger partial charge in [0, 0.05) is 30.1 Å².